The van der Waals surface area contributed by atoms with Gasteiger partial charge in [0.2, 0.25) is 5.91 Å². The van der Waals surface area contributed by atoms with Gasteiger partial charge >= 0.3 is 0 Å². The summed E-state index contributed by atoms with van der Waals surface area (Å²) in [6.07, 6.45) is 0. The molecule has 25 heavy (non-hydrogen) atoms. The first-order valence-corrected chi connectivity index (χ1v) is 7.62. The van der Waals surface area contributed by atoms with E-state index in [4.69, 9.17) is 0 Å². The Hall–Kier alpha value is -3.29. The quantitative estimate of drug-likeness (QED) is 0.758. The van der Waals surface area contributed by atoms with Crippen molar-refractivity contribution in [3.05, 3.63) is 53.8 Å². The zero-order chi connectivity index (χ0) is 18.0. The summed E-state index contributed by atoms with van der Waals surface area (Å²) in [6.45, 7) is 1.52. The minimum atomic E-state index is -0.858. The predicted molar refractivity (Wildman–Crippen MR) is 90.5 cm³/mol. The predicted octanol–water partition coefficient (Wildman–Crippen LogP) is 1.86. The Bertz CT molecular complexity index is 953. The third-order valence-electron chi connectivity index (χ3n) is 3.74. The number of nitrogens with zero attached hydrogens (tertiary/aromatic N) is 3. The van der Waals surface area contributed by atoms with E-state index in [9.17, 15) is 14.0 Å². The van der Waals surface area contributed by atoms with Crippen molar-refractivity contribution in [1.29, 1.82) is 0 Å². The summed E-state index contributed by atoms with van der Waals surface area (Å²) in [7, 11) is 1.72. The van der Waals surface area contributed by atoms with E-state index in [1.807, 2.05) is 0 Å². The van der Waals surface area contributed by atoms with Gasteiger partial charge in [0.05, 0.1) is 11.3 Å². The number of amides is 2. The molecule has 0 bridgehead atoms. The molecule has 8 heteroatoms. The number of rotatable bonds is 4. The van der Waals surface area contributed by atoms with Gasteiger partial charge in [0.15, 0.2) is 0 Å². The fraction of sp³-hybridized carbons (Fsp3) is 0.176. The first-order chi connectivity index (χ1) is 12.0. The Morgan fingerprint density at radius 2 is 1.92 bits per heavy atom. The summed E-state index contributed by atoms with van der Waals surface area (Å²) < 4.78 is 15.2. The van der Waals surface area contributed by atoms with Crippen molar-refractivity contribution in [2.75, 3.05) is 5.32 Å². The highest BCUT2D eigenvalue weighted by Crippen LogP contribution is 2.20. The average molecular weight is 341 g/mol. The van der Waals surface area contributed by atoms with E-state index in [1.54, 1.807) is 36.0 Å². The summed E-state index contributed by atoms with van der Waals surface area (Å²) >= 11 is 0. The van der Waals surface area contributed by atoms with Crippen LogP contribution in [0.3, 0.4) is 0 Å². The number of carbonyl (C=O) groups is 2. The smallest absolute Gasteiger partial charge is 0.254 e. The number of benzene rings is 2. The van der Waals surface area contributed by atoms with Crippen molar-refractivity contribution < 1.29 is 14.0 Å². The molecule has 0 aliphatic rings. The van der Waals surface area contributed by atoms with E-state index >= 15 is 0 Å². The van der Waals surface area contributed by atoms with E-state index in [1.165, 1.54) is 25.1 Å². The van der Waals surface area contributed by atoms with E-state index in [0.717, 1.165) is 0 Å². The topological polar surface area (TPSA) is 88.9 Å². The molecule has 1 unspecified atom stereocenters. The lowest BCUT2D eigenvalue weighted by molar-refractivity contribution is -0.117. The summed E-state index contributed by atoms with van der Waals surface area (Å²) in [5, 5.41) is 13.1. The van der Waals surface area contributed by atoms with Crippen LogP contribution in [-0.2, 0) is 11.8 Å². The van der Waals surface area contributed by atoms with Crippen molar-refractivity contribution in [3.63, 3.8) is 0 Å². The van der Waals surface area contributed by atoms with E-state index < -0.39 is 23.7 Å². The second kappa shape index (κ2) is 6.68. The molecule has 3 aromatic rings. The number of hydrogen-bond acceptors (Lipinski definition) is 4. The molecule has 0 radical (unpaired) electrons. The zero-order valence-electron chi connectivity index (χ0n) is 13.7. The second-order valence-electron chi connectivity index (χ2n) is 5.55. The van der Waals surface area contributed by atoms with Gasteiger partial charge < -0.3 is 10.6 Å². The largest absolute Gasteiger partial charge is 0.340 e. The maximum Gasteiger partial charge on any atom is 0.254 e. The van der Waals surface area contributed by atoms with Crippen molar-refractivity contribution >= 4 is 28.5 Å². The fourth-order valence-corrected chi connectivity index (χ4v) is 2.44. The number of anilines is 1. The fourth-order valence-electron chi connectivity index (χ4n) is 2.44. The SMILES string of the molecule is CC(NC(=O)c1ccccc1F)C(=O)Nc1cccc2nnn(C)c12. The highest BCUT2D eigenvalue weighted by Gasteiger charge is 2.20. The molecule has 0 saturated carbocycles. The van der Waals surface area contributed by atoms with Gasteiger partial charge in [0.25, 0.3) is 5.91 Å². The van der Waals surface area contributed by atoms with Crippen LogP contribution < -0.4 is 10.6 Å². The highest BCUT2D eigenvalue weighted by molar-refractivity contribution is 6.04. The summed E-state index contributed by atoms with van der Waals surface area (Å²) in [6, 6.07) is 9.98. The number of nitrogens with one attached hydrogen (secondary N) is 2. The molecule has 0 spiro atoms. The van der Waals surface area contributed by atoms with Crippen LogP contribution in [0.4, 0.5) is 10.1 Å². The Labute approximate surface area is 142 Å². The van der Waals surface area contributed by atoms with Crippen molar-refractivity contribution in [2.45, 2.75) is 13.0 Å². The molecule has 2 N–H and O–H groups in total. The van der Waals surface area contributed by atoms with Gasteiger partial charge in [-0.2, -0.15) is 0 Å². The first kappa shape index (κ1) is 16.6. The Kier molecular flexibility index (Phi) is 4.42. The summed E-state index contributed by atoms with van der Waals surface area (Å²) in [4.78, 5) is 24.5. The maximum absolute atomic E-state index is 13.6. The third-order valence-corrected chi connectivity index (χ3v) is 3.74. The first-order valence-electron chi connectivity index (χ1n) is 7.62. The molecule has 1 heterocycles. The van der Waals surface area contributed by atoms with Gasteiger partial charge in [0, 0.05) is 7.05 Å². The minimum Gasteiger partial charge on any atom is -0.340 e. The molecule has 2 aromatic carbocycles. The number of aromatic nitrogens is 3. The lowest BCUT2D eigenvalue weighted by Crippen LogP contribution is -2.41. The van der Waals surface area contributed by atoms with Crippen LogP contribution in [0.1, 0.15) is 17.3 Å². The molecule has 1 atom stereocenters. The van der Waals surface area contributed by atoms with Gasteiger partial charge in [-0.15, -0.1) is 5.10 Å². The Balaban J connectivity index is 1.73. The van der Waals surface area contributed by atoms with Crippen LogP contribution in [0.15, 0.2) is 42.5 Å². The van der Waals surface area contributed by atoms with Crippen LogP contribution in [0, 0.1) is 5.82 Å². The highest BCUT2D eigenvalue weighted by atomic mass is 19.1. The molecule has 7 nitrogen and oxygen atoms in total. The van der Waals surface area contributed by atoms with Crippen LogP contribution >= 0.6 is 0 Å². The third kappa shape index (κ3) is 3.32. The van der Waals surface area contributed by atoms with Crippen molar-refractivity contribution in [1.82, 2.24) is 20.3 Å². The van der Waals surface area contributed by atoms with Crippen molar-refractivity contribution in [3.8, 4) is 0 Å². The van der Waals surface area contributed by atoms with Gasteiger partial charge in [-0.3, -0.25) is 9.59 Å². The van der Waals surface area contributed by atoms with Crippen LogP contribution in [0.5, 0.6) is 0 Å². The molecule has 128 valence electrons. The molecule has 2 amide bonds. The molecule has 0 aliphatic heterocycles. The number of fused-ring (bicyclic) bond motifs is 1. The van der Waals surface area contributed by atoms with Crippen LogP contribution in [-0.4, -0.2) is 32.9 Å². The number of aryl methyl sites for hydroxylation is 1. The molecular weight excluding hydrogens is 325 g/mol. The second-order valence-corrected chi connectivity index (χ2v) is 5.55. The minimum absolute atomic E-state index is 0.111. The van der Waals surface area contributed by atoms with E-state index in [-0.39, 0.29) is 5.56 Å². The van der Waals surface area contributed by atoms with Gasteiger partial charge in [-0.1, -0.05) is 23.4 Å². The van der Waals surface area contributed by atoms with Gasteiger partial charge in [0.1, 0.15) is 22.9 Å². The Morgan fingerprint density at radius 3 is 2.68 bits per heavy atom. The standard InChI is InChI=1S/C17H16FN5O2/c1-10(19-17(25)11-6-3-4-7-12(11)18)16(24)20-13-8-5-9-14-15(13)23(2)22-21-14/h3-10H,1-2H3,(H,19,25)(H,20,24). The number of carbonyl (C=O) groups excluding carboxylic acids is 2. The molecule has 1 aromatic heterocycles. The normalized spacial score (nSPS) is 12.0. The van der Waals surface area contributed by atoms with Gasteiger partial charge in [-0.05, 0) is 31.2 Å². The number of hydrogen-bond donors (Lipinski definition) is 2. The Morgan fingerprint density at radius 1 is 1.16 bits per heavy atom. The van der Waals surface area contributed by atoms with Crippen molar-refractivity contribution in [2.24, 2.45) is 7.05 Å². The summed E-state index contributed by atoms with van der Waals surface area (Å²) in [5.74, 6) is -1.72. The average Bonchev–Trinajstić information content (AvgIpc) is 2.97. The van der Waals surface area contributed by atoms with E-state index in [2.05, 4.69) is 20.9 Å². The summed E-state index contributed by atoms with van der Waals surface area (Å²) in [5.41, 5.74) is 1.73. The maximum atomic E-state index is 13.6. The van der Waals surface area contributed by atoms with Crippen LogP contribution in [0.2, 0.25) is 0 Å². The lowest BCUT2D eigenvalue weighted by atomic mass is 10.2. The molecule has 0 fully saturated rings. The number of para-hydroxylation sites is 1. The monoisotopic (exact) mass is 341 g/mol. The molecule has 3 rings (SSSR count). The zero-order valence-corrected chi connectivity index (χ0v) is 13.7. The molecule has 0 saturated heterocycles. The molecule has 0 aliphatic carbocycles. The van der Waals surface area contributed by atoms with Crippen LogP contribution in [0.25, 0.3) is 11.0 Å². The van der Waals surface area contributed by atoms with Gasteiger partial charge in [-0.25, -0.2) is 9.07 Å². The lowest BCUT2D eigenvalue weighted by Gasteiger charge is -2.15. The van der Waals surface area contributed by atoms with E-state index in [0.29, 0.717) is 16.7 Å². The molecular formula is C17H16FN5O2. The number of halogens is 1.